The zero-order valence-corrected chi connectivity index (χ0v) is 26.9. The molecule has 0 saturated carbocycles. The molecule has 8 aromatic rings. The standard InChI is InChI=1S/C45H27N5/c46-26-29-13-20-44-38(23-29)36-8-2-5-11-42(36)49(44)40-22-19-33(25-34(40)28-48)31-15-17-32(18-16-31)35-7-1-4-10-41(35)50-43-12-6-3-9-37(43)39-24-30(27-47)14-21-45(39)50/h1-12,14-19,21-25H,13,20H2. The summed E-state index contributed by atoms with van der Waals surface area (Å²) in [5.74, 6) is 0. The number of hydrogen-bond acceptors (Lipinski definition) is 3. The molecule has 2 heterocycles. The lowest BCUT2D eigenvalue weighted by molar-refractivity contribution is 0.870. The number of nitriles is 3. The lowest BCUT2D eigenvalue weighted by atomic mass is 9.96. The van der Waals surface area contributed by atoms with Crippen LogP contribution in [-0.4, -0.2) is 9.13 Å². The van der Waals surface area contributed by atoms with Crippen molar-refractivity contribution in [2.45, 2.75) is 12.8 Å². The summed E-state index contributed by atoms with van der Waals surface area (Å²) >= 11 is 0. The normalized spacial score (nSPS) is 12.3. The van der Waals surface area contributed by atoms with E-state index in [1.165, 1.54) is 0 Å². The Kier molecular flexibility index (Phi) is 6.70. The fourth-order valence-electron chi connectivity index (χ4n) is 7.65. The number of para-hydroxylation sites is 3. The van der Waals surface area contributed by atoms with Crippen LogP contribution in [0.4, 0.5) is 0 Å². The van der Waals surface area contributed by atoms with Crippen molar-refractivity contribution in [3.05, 3.63) is 161 Å². The van der Waals surface area contributed by atoms with Crippen molar-refractivity contribution in [1.29, 1.82) is 15.8 Å². The van der Waals surface area contributed by atoms with E-state index in [-0.39, 0.29) is 0 Å². The zero-order chi connectivity index (χ0) is 33.8. The summed E-state index contributed by atoms with van der Waals surface area (Å²) in [7, 11) is 0. The molecular weight excluding hydrogens is 611 g/mol. The average molecular weight is 638 g/mol. The third-order valence-electron chi connectivity index (χ3n) is 9.94. The molecule has 0 atom stereocenters. The van der Waals surface area contributed by atoms with Gasteiger partial charge in [-0.1, -0.05) is 84.9 Å². The van der Waals surface area contributed by atoms with Crippen LogP contribution < -0.4 is 0 Å². The number of allylic oxidation sites excluding steroid dienone is 1. The van der Waals surface area contributed by atoms with Crippen molar-refractivity contribution >= 4 is 38.8 Å². The molecule has 2 aromatic heterocycles. The fraction of sp³-hybridized carbons (Fsp3) is 0.0444. The first-order valence-corrected chi connectivity index (χ1v) is 16.6. The number of hydrogen-bond donors (Lipinski definition) is 0. The molecule has 9 rings (SSSR count). The highest BCUT2D eigenvalue weighted by Gasteiger charge is 2.23. The molecule has 5 heteroatoms. The van der Waals surface area contributed by atoms with E-state index >= 15 is 0 Å². The minimum Gasteiger partial charge on any atom is -0.312 e. The molecule has 0 saturated heterocycles. The Balaban J connectivity index is 1.12. The minimum absolute atomic E-state index is 0.599. The first-order chi connectivity index (χ1) is 24.7. The lowest BCUT2D eigenvalue weighted by Gasteiger charge is -2.17. The molecule has 1 aliphatic carbocycles. The minimum atomic E-state index is 0.599. The Morgan fingerprint density at radius 2 is 1.16 bits per heavy atom. The molecule has 0 fully saturated rings. The lowest BCUT2D eigenvalue weighted by Crippen LogP contribution is -2.06. The van der Waals surface area contributed by atoms with E-state index in [0.29, 0.717) is 17.5 Å². The predicted octanol–water partition coefficient (Wildman–Crippen LogP) is 10.7. The maximum Gasteiger partial charge on any atom is 0.101 e. The van der Waals surface area contributed by atoms with E-state index in [2.05, 4.69) is 112 Å². The summed E-state index contributed by atoms with van der Waals surface area (Å²) in [6, 6.07) is 52.6. The molecule has 0 unspecified atom stereocenters. The van der Waals surface area contributed by atoms with Gasteiger partial charge in [0.05, 0.1) is 51.2 Å². The van der Waals surface area contributed by atoms with Crippen molar-refractivity contribution in [3.63, 3.8) is 0 Å². The third kappa shape index (κ3) is 4.45. The number of nitrogens with zero attached hydrogens (tertiary/aromatic N) is 5. The van der Waals surface area contributed by atoms with E-state index in [4.69, 9.17) is 0 Å². The maximum atomic E-state index is 10.4. The van der Waals surface area contributed by atoms with E-state index in [1.54, 1.807) is 0 Å². The first-order valence-electron chi connectivity index (χ1n) is 16.6. The van der Waals surface area contributed by atoms with Gasteiger partial charge in [-0.25, -0.2) is 0 Å². The summed E-state index contributed by atoms with van der Waals surface area (Å²) in [5, 5.41) is 32.8. The molecule has 5 nitrogen and oxygen atoms in total. The van der Waals surface area contributed by atoms with Crippen molar-refractivity contribution in [2.75, 3.05) is 0 Å². The van der Waals surface area contributed by atoms with Crippen molar-refractivity contribution < 1.29 is 0 Å². The maximum absolute atomic E-state index is 10.4. The van der Waals surface area contributed by atoms with Crippen LogP contribution in [0.25, 0.3) is 72.4 Å². The second kappa shape index (κ2) is 11.5. The van der Waals surface area contributed by atoms with Gasteiger partial charge in [-0.3, -0.25) is 0 Å². The summed E-state index contributed by atoms with van der Waals surface area (Å²) < 4.78 is 4.49. The second-order valence-electron chi connectivity index (χ2n) is 12.6. The van der Waals surface area contributed by atoms with Gasteiger partial charge < -0.3 is 9.13 Å². The topological polar surface area (TPSA) is 81.2 Å². The second-order valence-corrected chi connectivity index (χ2v) is 12.6. The van der Waals surface area contributed by atoms with E-state index in [1.807, 2.05) is 54.6 Å². The Hall–Kier alpha value is -7.13. The molecule has 0 aliphatic heterocycles. The van der Waals surface area contributed by atoms with Crippen LogP contribution in [0.3, 0.4) is 0 Å². The highest BCUT2D eigenvalue weighted by molar-refractivity contribution is 6.10. The molecule has 0 bridgehead atoms. The molecule has 0 spiro atoms. The van der Waals surface area contributed by atoms with Crippen LogP contribution in [0.2, 0.25) is 0 Å². The summed E-state index contributed by atoms with van der Waals surface area (Å²) in [6.45, 7) is 0. The predicted molar refractivity (Wildman–Crippen MR) is 200 cm³/mol. The van der Waals surface area contributed by atoms with Gasteiger partial charge >= 0.3 is 0 Å². The van der Waals surface area contributed by atoms with E-state index in [0.717, 1.165) is 89.6 Å². The van der Waals surface area contributed by atoms with Gasteiger partial charge in [0.15, 0.2) is 0 Å². The summed E-state index contributed by atoms with van der Waals surface area (Å²) in [6.07, 6.45) is 3.44. The van der Waals surface area contributed by atoms with Gasteiger partial charge in [-0.05, 0) is 84.1 Å². The van der Waals surface area contributed by atoms with Crippen molar-refractivity contribution in [3.8, 4) is 51.8 Å². The number of fused-ring (bicyclic) bond motifs is 6. The van der Waals surface area contributed by atoms with Gasteiger partial charge in [0, 0.05) is 38.6 Å². The molecule has 1 aliphatic rings. The van der Waals surface area contributed by atoms with Crippen LogP contribution >= 0.6 is 0 Å². The molecule has 6 aromatic carbocycles. The van der Waals surface area contributed by atoms with Gasteiger partial charge in [0.1, 0.15) is 6.07 Å². The Morgan fingerprint density at radius 1 is 0.480 bits per heavy atom. The molecular formula is C45H27N5. The number of rotatable bonds is 4. The van der Waals surface area contributed by atoms with Gasteiger partial charge in [0.2, 0.25) is 0 Å². The van der Waals surface area contributed by atoms with Crippen molar-refractivity contribution in [2.24, 2.45) is 0 Å². The van der Waals surface area contributed by atoms with Crippen molar-refractivity contribution in [1.82, 2.24) is 9.13 Å². The quantitative estimate of drug-likeness (QED) is 0.193. The van der Waals surface area contributed by atoms with E-state index in [9.17, 15) is 15.8 Å². The Labute approximate surface area is 289 Å². The summed E-state index contributed by atoms with van der Waals surface area (Å²) in [5.41, 5.74) is 13.5. The van der Waals surface area contributed by atoms with Crippen LogP contribution in [-0.2, 0) is 6.42 Å². The molecule has 0 N–H and O–H groups in total. The number of aromatic nitrogens is 2. The average Bonchev–Trinajstić information content (AvgIpc) is 3.69. The highest BCUT2D eigenvalue weighted by atomic mass is 15.0. The zero-order valence-electron chi connectivity index (χ0n) is 26.9. The van der Waals surface area contributed by atoms with E-state index < -0.39 is 0 Å². The molecule has 0 amide bonds. The van der Waals surface area contributed by atoms with Gasteiger partial charge in [-0.2, -0.15) is 15.8 Å². The number of benzene rings is 6. The van der Waals surface area contributed by atoms with Crippen LogP contribution in [0.5, 0.6) is 0 Å². The van der Waals surface area contributed by atoms with Crippen LogP contribution in [0, 0.1) is 34.0 Å². The van der Waals surface area contributed by atoms with Crippen LogP contribution in [0.1, 0.15) is 28.8 Å². The largest absolute Gasteiger partial charge is 0.312 e. The van der Waals surface area contributed by atoms with Gasteiger partial charge in [-0.15, -0.1) is 0 Å². The highest BCUT2D eigenvalue weighted by Crippen LogP contribution is 2.39. The summed E-state index contributed by atoms with van der Waals surface area (Å²) in [4.78, 5) is 0. The monoisotopic (exact) mass is 637 g/mol. The SMILES string of the molecule is N#CC1=Cc2c(n(-c3ccc(-c4ccc(-c5ccccc5-n5c6ccccc6c6cc(C#N)ccc65)cc4)cc3C#N)c3ccccc23)CC1. The fourth-order valence-corrected chi connectivity index (χ4v) is 7.65. The third-order valence-corrected chi connectivity index (χ3v) is 9.94. The smallest absolute Gasteiger partial charge is 0.101 e. The Bertz CT molecular complexity index is 2840. The molecule has 0 radical (unpaired) electrons. The molecule has 232 valence electrons. The first kappa shape index (κ1) is 29.0. The van der Waals surface area contributed by atoms with Gasteiger partial charge in [0.25, 0.3) is 0 Å². The van der Waals surface area contributed by atoms with Crippen LogP contribution in [0.15, 0.2) is 139 Å². The Morgan fingerprint density at radius 3 is 1.94 bits per heavy atom. The molecule has 50 heavy (non-hydrogen) atoms.